The molecule has 1 atom stereocenters. The van der Waals surface area contributed by atoms with E-state index in [9.17, 15) is 0 Å². The molecule has 0 N–H and O–H groups in total. The van der Waals surface area contributed by atoms with Crippen LogP contribution in [0.4, 0.5) is 0 Å². The fourth-order valence-electron chi connectivity index (χ4n) is 7.31. The quantitative estimate of drug-likeness (QED) is 0.187. The lowest BCUT2D eigenvalue weighted by molar-refractivity contribution is 0.651. The van der Waals surface area contributed by atoms with E-state index in [1.807, 2.05) is 72.0 Å². The van der Waals surface area contributed by atoms with E-state index in [0.29, 0.717) is 17.5 Å². The van der Waals surface area contributed by atoms with Crippen molar-refractivity contribution in [3.8, 4) is 39.9 Å². The highest BCUT2D eigenvalue weighted by atomic mass is 32.1. The summed E-state index contributed by atoms with van der Waals surface area (Å²) in [4.78, 5) is 16.3. The average molecular weight is 648 g/mol. The molecule has 10 rings (SSSR count). The van der Waals surface area contributed by atoms with Crippen molar-refractivity contribution in [1.82, 2.24) is 24.1 Å². The highest BCUT2D eigenvalue weighted by Crippen LogP contribution is 2.42. The molecule has 1 unspecified atom stereocenters. The highest BCUT2D eigenvalue weighted by molar-refractivity contribution is 7.17. The first-order valence-electron chi connectivity index (χ1n) is 16.6. The number of thiophene rings is 1. The van der Waals surface area contributed by atoms with Crippen molar-refractivity contribution in [2.24, 2.45) is 0 Å². The third kappa shape index (κ3) is 4.56. The Balaban J connectivity index is 1.20. The molecule has 232 valence electrons. The van der Waals surface area contributed by atoms with Gasteiger partial charge in [-0.25, -0.2) is 15.0 Å². The van der Waals surface area contributed by atoms with Gasteiger partial charge in [0.2, 0.25) is 0 Å². The summed E-state index contributed by atoms with van der Waals surface area (Å²) in [7, 11) is 0. The highest BCUT2D eigenvalue weighted by Gasteiger charge is 2.22. The van der Waals surface area contributed by atoms with Crippen LogP contribution in [0, 0.1) is 0 Å². The second-order valence-electron chi connectivity index (χ2n) is 12.5. The van der Waals surface area contributed by atoms with Crippen molar-refractivity contribution in [3.63, 3.8) is 0 Å². The molecular weight excluding hydrogens is 619 g/mol. The molecule has 0 bridgehead atoms. The summed E-state index contributed by atoms with van der Waals surface area (Å²) >= 11 is 1.82. The number of rotatable bonds is 5. The van der Waals surface area contributed by atoms with E-state index in [1.54, 1.807) is 0 Å². The molecule has 9 aromatic rings. The average Bonchev–Trinajstić information content (AvgIpc) is 3.86. The standard InChI is InChI=1S/C43H29N5S/c1-4-13-28(14-5-1)40-44-41(29-15-6-2-7-16-29)46-42(45-40)30-17-12-20-32(25-30)47-37-22-11-10-21-33(37)35-26-36-34-23-24-49-43(34)48(39(36)27-38(35)47)31-18-8-3-9-19-31/h1-18,20-27,31H,19H2. The van der Waals surface area contributed by atoms with Gasteiger partial charge in [-0.1, -0.05) is 115 Å². The topological polar surface area (TPSA) is 48.5 Å². The summed E-state index contributed by atoms with van der Waals surface area (Å²) in [5, 5.41) is 7.32. The Bertz CT molecular complexity index is 2690. The zero-order valence-electron chi connectivity index (χ0n) is 26.4. The van der Waals surface area contributed by atoms with Crippen LogP contribution in [0.15, 0.2) is 157 Å². The summed E-state index contributed by atoms with van der Waals surface area (Å²) in [5.41, 5.74) is 7.52. The lowest BCUT2D eigenvalue weighted by Crippen LogP contribution is -2.06. The molecule has 1 aliphatic rings. The summed E-state index contributed by atoms with van der Waals surface area (Å²) in [6.45, 7) is 0. The van der Waals surface area contributed by atoms with Crippen LogP contribution in [0.3, 0.4) is 0 Å². The molecule has 5 nitrogen and oxygen atoms in total. The van der Waals surface area contributed by atoms with Gasteiger partial charge < -0.3 is 9.13 Å². The van der Waals surface area contributed by atoms with E-state index >= 15 is 0 Å². The minimum absolute atomic E-state index is 0.281. The van der Waals surface area contributed by atoms with Gasteiger partial charge in [-0.2, -0.15) is 0 Å². The predicted octanol–water partition coefficient (Wildman–Crippen LogP) is 11.2. The van der Waals surface area contributed by atoms with E-state index < -0.39 is 0 Å². The van der Waals surface area contributed by atoms with E-state index in [2.05, 4.69) is 106 Å². The third-order valence-corrected chi connectivity index (χ3v) is 10.5. The van der Waals surface area contributed by atoms with Crippen molar-refractivity contribution < 1.29 is 0 Å². The Hall–Kier alpha value is -6.11. The van der Waals surface area contributed by atoms with Crippen molar-refractivity contribution in [2.45, 2.75) is 12.5 Å². The molecule has 0 aliphatic heterocycles. The van der Waals surface area contributed by atoms with E-state index in [-0.39, 0.29) is 6.04 Å². The molecule has 0 saturated carbocycles. The maximum atomic E-state index is 5.02. The molecule has 4 heterocycles. The number of benzene rings is 5. The molecule has 0 fully saturated rings. The van der Waals surface area contributed by atoms with Crippen LogP contribution < -0.4 is 0 Å². The Morgan fingerprint density at radius 3 is 1.94 bits per heavy atom. The summed E-state index contributed by atoms with van der Waals surface area (Å²) < 4.78 is 4.93. The molecule has 49 heavy (non-hydrogen) atoms. The third-order valence-electron chi connectivity index (χ3n) is 9.55. The first-order valence-corrected chi connectivity index (χ1v) is 17.4. The van der Waals surface area contributed by atoms with Gasteiger partial charge in [0.25, 0.3) is 0 Å². The van der Waals surface area contributed by atoms with Crippen LogP contribution in [0.5, 0.6) is 0 Å². The van der Waals surface area contributed by atoms with Gasteiger partial charge in [0.05, 0.1) is 22.6 Å². The number of para-hydroxylation sites is 1. The van der Waals surface area contributed by atoms with Gasteiger partial charge in [-0.05, 0) is 48.2 Å². The Morgan fingerprint density at radius 1 is 0.531 bits per heavy atom. The first-order chi connectivity index (χ1) is 24.3. The smallest absolute Gasteiger partial charge is 0.164 e. The molecule has 4 aromatic heterocycles. The predicted molar refractivity (Wildman–Crippen MR) is 203 cm³/mol. The fraction of sp³-hybridized carbons (Fsp3) is 0.0465. The fourth-order valence-corrected chi connectivity index (χ4v) is 8.29. The van der Waals surface area contributed by atoms with Gasteiger partial charge in [0.1, 0.15) is 4.83 Å². The van der Waals surface area contributed by atoms with Crippen LogP contribution in [0.2, 0.25) is 0 Å². The van der Waals surface area contributed by atoms with E-state index in [0.717, 1.165) is 28.8 Å². The van der Waals surface area contributed by atoms with Gasteiger partial charge >= 0.3 is 0 Å². The van der Waals surface area contributed by atoms with Crippen LogP contribution in [0.1, 0.15) is 12.5 Å². The van der Waals surface area contributed by atoms with Crippen molar-refractivity contribution in [1.29, 1.82) is 0 Å². The number of aromatic nitrogens is 5. The van der Waals surface area contributed by atoms with Crippen molar-refractivity contribution in [2.75, 3.05) is 0 Å². The molecule has 0 radical (unpaired) electrons. The number of hydrogen-bond acceptors (Lipinski definition) is 4. The maximum Gasteiger partial charge on any atom is 0.164 e. The Morgan fingerprint density at radius 2 is 1.20 bits per heavy atom. The molecule has 6 heteroatoms. The summed E-state index contributed by atoms with van der Waals surface area (Å²) in [6.07, 6.45) is 9.90. The zero-order valence-corrected chi connectivity index (χ0v) is 27.3. The minimum atomic E-state index is 0.281. The second-order valence-corrected chi connectivity index (χ2v) is 13.3. The molecule has 0 amide bonds. The van der Waals surface area contributed by atoms with Crippen LogP contribution in [-0.4, -0.2) is 24.1 Å². The normalized spacial score (nSPS) is 14.5. The molecule has 1 aliphatic carbocycles. The second kappa shape index (κ2) is 11.3. The molecule has 5 aromatic carbocycles. The van der Waals surface area contributed by atoms with Crippen LogP contribution in [0.25, 0.3) is 82.8 Å². The number of allylic oxidation sites excluding steroid dienone is 4. The first kappa shape index (κ1) is 28.0. The summed E-state index contributed by atoms with van der Waals surface area (Å²) in [6, 6.07) is 44.9. The largest absolute Gasteiger partial charge is 0.325 e. The van der Waals surface area contributed by atoms with Gasteiger partial charge in [-0.3, -0.25) is 0 Å². The van der Waals surface area contributed by atoms with Crippen molar-refractivity contribution >= 4 is 54.3 Å². The number of fused-ring (bicyclic) bond motifs is 6. The zero-order chi connectivity index (χ0) is 32.3. The van der Waals surface area contributed by atoms with Gasteiger partial charge in [0.15, 0.2) is 17.5 Å². The monoisotopic (exact) mass is 647 g/mol. The Labute approximate surface area is 286 Å². The van der Waals surface area contributed by atoms with Crippen LogP contribution >= 0.6 is 11.3 Å². The van der Waals surface area contributed by atoms with Gasteiger partial charge in [-0.15, -0.1) is 11.3 Å². The lowest BCUT2D eigenvalue weighted by atomic mass is 10.1. The van der Waals surface area contributed by atoms with E-state index in [4.69, 9.17) is 15.0 Å². The Kier molecular flexibility index (Phi) is 6.42. The molecule has 0 saturated heterocycles. The summed E-state index contributed by atoms with van der Waals surface area (Å²) in [5.74, 6) is 1.95. The van der Waals surface area contributed by atoms with Crippen molar-refractivity contribution in [3.05, 3.63) is 157 Å². The SMILES string of the molecule is C1=CCC(n2c3cc4c(cc3c3ccsc32)c2ccccc2n4-c2cccc(-c3nc(-c4ccccc4)nc(-c4ccccc4)n3)c2)C=C1. The number of hydrogen-bond donors (Lipinski definition) is 0. The van der Waals surface area contributed by atoms with Crippen LogP contribution in [-0.2, 0) is 0 Å². The molecule has 0 spiro atoms. The lowest BCUT2D eigenvalue weighted by Gasteiger charge is -2.18. The maximum absolute atomic E-state index is 5.02. The van der Waals surface area contributed by atoms with Gasteiger partial charge in [0, 0.05) is 43.9 Å². The molecular formula is C43H29N5S. The minimum Gasteiger partial charge on any atom is -0.325 e. The number of nitrogens with zero attached hydrogens (tertiary/aromatic N) is 5. The van der Waals surface area contributed by atoms with E-state index in [1.165, 1.54) is 42.9 Å².